The second-order valence-corrected chi connectivity index (χ2v) is 6.75. The number of carboxylic acids is 1. The quantitative estimate of drug-likeness (QED) is 0.797. The lowest BCUT2D eigenvalue weighted by molar-refractivity contribution is -0.138. The van der Waals surface area contributed by atoms with Crippen LogP contribution in [0.15, 0.2) is 29.6 Å². The SMILES string of the molecule is CCC(CC)(CC(=O)O)NC(=O)c1cccc(-c2nc(C)cs2)c1. The van der Waals surface area contributed by atoms with Gasteiger partial charge in [0.25, 0.3) is 5.91 Å². The molecule has 0 fully saturated rings. The van der Waals surface area contributed by atoms with Crippen LogP contribution in [-0.4, -0.2) is 27.5 Å². The third-order valence-electron chi connectivity index (χ3n) is 4.21. The number of carboxylic acid groups (broad SMARTS) is 1. The second kappa shape index (κ2) is 7.57. The lowest BCUT2D eigenvalue weighted by atomic mass is 9.88. The van der Waals surface area contributed by atoms with Crippen molar-refractivity contribution in [2.24, 2.45) is 0 Å². The van der Waals surface area contributed by atoms with Gasteiger partial charge < -0.3 is 10.4 Å². The molecule has 1 heterocycles. The van der Waals surface area contributed by atoms with E-state index < -0.39 is 11.5 Å². The van der Waals surface area contributed by atoms with Crippen LogP contribution in [0.4, 0.5) is 0 Å². The van der Waals surface area contributed by atoms with Crippen molar-refractivity contribution in [3.05, 3.63) is 40.9 Å². The van der Waals surface area contributed by atoms with Crippen LogP contribution in [0.25, 0.3) is 10.6 Å². The zero-order valence-electron chi connectivity index (χ0n) is 14.1. The molecule has 0 aliphatic heterocycles. The maximum atomic E-state index is 12.6. The van der Waals surface area contributed by atoms with Gasteiger partial charge in [-0.3, -0.25) is 9.59 Å². The molecule has 1 amide bonds. The largest absolute Gasteiger partial charge is 0.481 e. The maximum absolute atomic E-state index is 12.6. The van der Waals surface area contributed by atoms with Crippen LogP contribution in [0.1, 0.15) is 49.2 Å². The molecule has 0 saturated carbocycles. The summed E-state index contributed by atoms with van der Waals surface area (Å²) in [4.78, 5) is 28.2. The van der Waals surface area contributed by atoms with E-state index in [9.17, 15) is 9.59 Å². The molecular formula is C18H22N2O3S. The number of amides is 1. The predicted molar refractivity (Wildman–Crippen MR) is 95.3 cm³/mol. The summed E-state index contributed by atoms with van der Waals surface area (Å²) >= 11 is 1.53. The van der Waals surface area contributed by atoms with Crippen molar-refractivity contribution in [2.45, 2.75) is 45.6 Å². The van der Waals surface area contributed by atoms with Crippen LogP contribution in [0.2, 0.25) is 0 Å². The molecule has 2 aromatic rings. The number of rotatable bonds is 7. The highest BCUT2D eigenvalue weighted by atomic mass is 32.1. The van der Waals surface area contributed by atoms with Crippen LogP contribution in [0.5, 0.6) is 0 Å². The number of nitrogens with zero attached hydrogens (tertiary/aromatic N) is 1. The van der Waals surface area contributed by atoms with Crippen LogP contribution in [0, 0.1) is 6.92 Å². The third kappa shape index (κ3) is 4.20. The number of carbonyl (C=O) groups excluding carboxylic acids is 1. The number of aliphatic carboxylic acids is 1. The van der Waals surface area contributed by atoms with E-state index in [1.165, 1.54) is 11.3 Å². The Morgan fingerprint density at radius 2 is 2.00 bits per heavy atom. The fraction of sp³-hybridized carbons (Fsp3) is 0.389. The first-order valence-electron chi connectivity index (χ1n) is 7.96. The average Bonchev–Trinajstić information content (AvgIpc) is 3.00. The molecule has 0 radical (unpaired) electrons. The van der Waals surface area contributed by atoms with Crippen LogP contribution in [0.3, 0.4) is 0 Å². The summed E-state index contributed by atoms with van der Waals surface area (Å²) in [6.07, 6.45) is 1.04. The number of carbonyl (C=O) groups is 2. The minimum absolute atomic E-state index is 0.0862. The van der Waals surface area contributed by atoms with Gasteiger partial charge in [0.05, 0.1) is 12.0 Å². The van der Waals surface area contributed by atoms with E-state index in [1.807, 2.05) is 38.3 Å². The smallest absolute Gasteiger partial charge is 0.305 e. The lowest BCUT2D eigenvalue weighted by Crippen LogP contribution is -2.49. The van der Waals surface area contributed by atoms with E-state index in [0.717, 1.165) is 16.3 Å². The highest BCUT2D eigenvalue weighted by Gasteiger charge is 2.31. The number of hydrogen-bond acceptors (Lipinski definition) is 4. The summed E-state index contributed by atoms with van der Waals surface area (Å²) in [7, 11) is 0. The molecule has 5 nitrogen and oxygen atoms in total. The highest BCUT2D eigenvalue weighted by Crippen LogP contribution is 2.25. The first-order valence-corrected chi connectivity index (χ1v) is 8.84. The van der Waals surface area contributed by atoms with E-state index in [2.05, 4.69) is 10.3 Å². The normalized spacial score (nSPS) is 11.3. The monoisotopic (exact) mass is 346 g/mol. The Kier molecular flexibility index (Phi) is 5.72. The topological polar surface area (TPSA) is 79.3 Å². The van der Waals surface area contributed by atoms with Gasteiger partial charge in [-0.25, -0.2) is 4.98 Å². The predicted octanol–water partition coefficient (Wildman–Crippen LogP) is 3.88. The van der Waals surface area contributed by atoms with Gasteiger partial charge in [-0.15, -0.1) is 11.3 Å². The van der Waals surface area contributed by atoms with E-state index in [4.69, 9.17) is 5.11 Å². The van der Waals surface area contributed by atoms with Crippen molar-refractivity contribution in [2.75, 3.05) is 0 Å². The van der Waals surface area contributed by atoms with Crippen LogP contribution in [-0.2, 0) is 4.79 Å². The minimum atomic E-state index is -0.911. The summed E-state index contributed by atoms with van der Waals surface area (Å²) in [6, 6.07) is 7.26. The Morgan fingerprint density at radius 1 is 1.29 bits per heavy atom. The summed E-state index contributed by atoms with van der Waals surface area (Å²) in [5.74, 6) is -1.17. The molecule has 1 aromatic carbocycles. The van der Waals surface area contributed by atoms with Crippen molar-refractivity contribution >= 4 is 23.2 Å². The number of aromatic nitrogens is 1. The lowest BCUT2D eigenvalue weighted by Gasteiger charge is -2.31. The molecule has 6 heteroatoms. The Morgan fingerprint density at radius 3 is 2.54 bits per heavy atom. The Hall–Kier alpha value is -2.21. The number of thiazole rings is 1. The van der Waals surface area contributed by atoms with Gasteiger partial charge in [0.1, 0.15) is 5.01 Å². The summed E-state index contributed by atoms with van der Waals surface area (Å²) in [5, 5.41) is 14.9. The van der Waals surface area contributed by atoms with E-state index in [0.29, 0.717) is 18.4 Å². The zero-order valence-corrected chi connectivity index (χ0v) is 14.9. The molecule has 0 saturated heterocycles. The first kappa shape index (κ1) is 18.1. The maximum Gasteiger partial charge on any atom is 0.305 e. The molecule has 0 spiro atoms. The van der Waals surface area contributed by atoms with Gasteiger partial charge in [-0.1, -0.05) is 26.0 Å². The molecule has 24 heavy (non-hydrogen) atoms. The van der Waals surface area contributed by atoms with E-state index in [-0.39, 0.29) is 12.3 Å². The fourth-order valence-corrected chi connectivity index (χ4v) is 3.40. The first-order chi connectivity index (χ1) is 11.4. The van der Waals surface area contributed by atoms with Gasteiger partial charge in [0, 0.05) is 22.2 Å². The van der Waals surface area contributed by atoms with Gasteiger partial charge in [-0.2, -0.15) is 0 Å². The molecule has 1 aromatic heterocycles. The minimum Gasteiger partial charge on any atom is -0.481 e. The Bertz CT molecular complexity index is 735. The van der Waals surface area contributed by atoms with E-state index in [1.54, 1.807) is 12.1 Å². The molecule has 0 bridgehead atoms. The Labute approximate surface area is 145 Å². The average molecular weight is 346 g/mol. The van der Waals surface area contributed by atoms with Gasteiger partial charge in [0.2, 0.25) is 0 Å². The molecule has 0 unspecified atom stereocenters. The van der Waals surface area contributed by atoms with E-state index >= 15 is 0 Å². The Balaban J connectivity index is 2.24. The molecular weight excluding hydrogens is 324 g/mol. The van der Waals surface area contributed by atoms with Gasteiger partial charge >= 0.3 is 5.97 Å². The molecule has 0 aliphatic rings. The third-order valence-corrected chi connectivity index (χ3v) is 5.22. The van der Waals surface area contributed by atoms with Crippen LogP contribution < -0.4 is 5.32 Å². The van der Waals surface area contributed by atoms with Gasteiger partial charge in [-0.05, 0) is 31.9 Å². The number of hydrogen-bond donors (Lipinski definition) is 2. The van der Waals surface area contributed by atoms with Crippen molar-refractivity contribution in [3.8, 4) is 10.6 Å². The number of nitrogens with one attached hydrogen (secondary N) is 1. The summed E-state index contributed by atoms with van der Waals surface area (Å²) in [6.45, 7) is 5.71. The molecule has 2 N–H and O–H groups in total. The highest BCUT2D eigenvalue weighted by molar-refractivity contribution is 7.13. The van der Waals surface area contributed by atoms with Gasteiger partial charge in [0.15, 0.2) is 0 Å². The standard InChI is InChI=1S/C18H22N2O3S/c1-4-18(5-2,10-15(21)22)20-16(23)13-7-6-8-14(9-13)17-19-12(3)11-24-17/h6-9,11H,4-5,10H2,1-3H3,(H,20,23)(H,21,22). The van der Waals surface area contributed by atoms with Crippen molar-refractivity contribution in [1.29, 1.82) is 0 Å². The zero-order chi connectivity index (χ0) is 17.7. The fourth-order valence-electron chi connectivity index (χ4n) is 2.60. The second-order valence-electron chi connectivity index (χ2n) is 5.89. The summed E-state index contributed by atoms with van der Waals surface area (Å²) < 4.78 is 0. The molecule has 0 aliphatic carbocycles. The summed E-state index contributed by atoms with van der Waals surface area (Å²) in [5.41, 5.74) is 1.62. The van der Waals surface area contributed by atoms with Crippen molar-refractivity contribution in [1.82, 2.24) is 10.3 Å². The number of benzene rings is 1. The molecule has 0 atom stereocenters. The molecule has 128 valence electrons. The van der Waals surface area contributed by atoms with Crippen molar-refractivity contribution < 1.29 is 14.7 Å². The van der Waals surface area contributed by atoms with Crippen molar-refractivity contribution in [3.63, 3.8) is 0 Å². The number of aryl methyl sites for hydroxylation is 1. The molecule has 2 rings (SSSR count). The van der Waals surface area contributed by atoms with Crippen LogP contribution >= 0.6 is 11.3 Å².